The third-order valence-electron chi connectivity index (χ3n) is 2.48. The predicted molar refractivity (Wildman–Crippen MR) is 54.5 cm³/mol. The van der Waals surface area contributed by atoms with Crippen LogP contribution < -0.4 is 5.32 Å². The van der Waals surface area contributed by atoms with Crippen molar-refractivity contribution in [3.8, 4) is 12.3 Å². The maximum absolute atomic E-state index is 5.59. The molecule has 2 unspecified atom stereocenters. The van der Waals surface area contributed by atoms with E-state index in [2.05, 4.69) is 18.2 Å². The van der Waals surface area contributed by atoms with Gasteiger partial charge in [-0.3, -0.25) is 0 Å². The second-order valence-electron chi connectivity index (χ2n) is 3.52. The first kappa shape index (κ1) is 10.6. The number of hydrogen-bond donors (Lipinski definition) is 1. The summed E-state index contributed by atoms with van der Waals surface area (Å²) in [5.74, 6) is 2.72. The van der Waals surface area contributed by atoms with Gasteiger partial charge in [-0.15, -0.1) is 6.42 Å². The summed E-state index contributed by atoms with van der Waals surface area (Å²) in [6.07, 6.45) is 10.4. The first-order chi connectivity index (χ1) is 6.36. The van der Waals surface area contributed by atoms with Crippen molar-refractivity contribution in [1.82, 2.24) is 5.32 Å². The molecule has 2 nitrogen and oxygen atoms in total. The number of nitrogens with one attached hydrogen (secondary N) is 1. The van der Waals surface area contributed by atoms with Gasteiger partial charge in [-0.05, 0) is 25.7 Å². The van der Waals surface area contributed by atoms with E-state index in [4.69, 9.17) is 11.2 Å². The Balaban J connectivity index is 2.13. The smallest absolute Gasteiger partial charge is 0.0699 e. The topological polar surface area (TPSA) is 21.3 Å². The molecule has 1 aliphatic rings. The summed E-state index contributed by atoms with van der Waals surface area (Å²) >= 11 is 0. The molecule has 1 saturated heterocycles. The van der Waals surface area contributed by atoms with E-state index < -0.39 is 0 Å². The van der Waals surface area contributed by atoms with Gasteiger partial charge in [-0.25, -0.2) is 0 Å². The fourth-order valence-corrected chi connectivity index (χ4v) is 1.56. The highest BCUT2D eigenvalue weighted by Crippen LogP contribution is 2.11. The SMILES string of the molecule is C#CC(CC)NCC1CCCCO1. The summed E-state index contributed by atoms with van der Waals surface area (Å²) in [6.45, 7) is 3.92. The van der Waals surface area contributed by atoms with Crippen LogP contribution in [0.2, 0.25) is 0 Å². The summed E-state index contributed by atoms with van der Waals surface area (Å²) in [6, 6.07) is 0.213. The van der Waals surface area contributed by atoms with Crippen LogP contribution in [0.3, 0.4) is 0 Å². The van der Waals surface area contributed by atoms with E-state index >= 15 is 0 Å². The third-order valence-corrected chi connectivity index (χ3v) is 2.48. The highest BCUT2D eigenvalue weighted by Gasteiger charge is 2.14. The molecule has 1 heterocycles. The molecule has 0 aromatic rings. The van der Waals surface area contributed by atoms with Gasteiger partial charge in [0.15, 0.2) is 0 Å². The Kier molecular flexibility index (Phi) is 4.88. The fraction of sp³-hybridized carbons (Fsp3) is 0.818. The maximum Gasteiger partial charge on any atom is 0.0699 e. The lowest BCUT2D eigenvalue weighted by atomic mass is 10.1. The largest absolute Gasteiger partial charge is 0.377 e. The fourth-order valence-electron chi connectivity index (χ4n) is 1.56. The normalized spacial score (nSPS) is 25.1. The first-order valence-electron chi connectivity index (χ1n) is 5.18. The Labute approximate surface area is 81.0 Å². The Morgan fingerprint density at radius 3 is 3.00 bits per heavy atom. The average Bonchev–Trinajstić information content (AvgIpc) is 2.21. The molecule has 1 fully saturated rings. The van der Waals surface area contributed by atoms with E-state index in [1.807, 2.05) is 0 Å². The van der Waals surface area contributed by atoms with Gasteiger partial charge < -0.3 is 10.1 Å². The molecule has 0 saturated carbocycles. The highest BCUT2D eigenvalue weighted by molar-refractivity contribution is 4.98. The lowest BCUT2D eigenvalue weighted by Gasteiger charge is -2.24. The van der Waals surface area contributed by atoms with E-state index in [9.17, 15) is 0 Å². The summed E-state index contributed by atoms with van der Waals surface area (Å²) in [5.41, 5.74) is 0. The van der Waals surface area contributed by atoms with Crippen LogP contribution in [0.4, 0.5) is 0 Å². The van der Waals surface area contributed by atoms with Gasteiger partial charge in [0.25, 0.3) is 0 Å². The summed E-state index contributed by atoms with van der Waals surface area (Å²) in [4.78, 5) is 0. The second-order valence-corrected chi connectivity index (χ2v) is 3.52. The molecule has 0 radical (unpaired) electrons. The zero-order valence-corrected chi connectivity index (χ0v) is 8.38. The Bertz CT molecular complexity index is 167. The minimum Gasteiger partial charge on any atom is -0.377 e. The lowest BCUT2D eigenvalue weighted by molar-refractivity contribution is 0.0162. The van der Waals surface area contributed by atoms with E-state index in [1.54, 1.807) is 0 Å². The molecule has 0 spiro atoms. The quantitative estimate of drug-likeness (QED) is 0.664. The van der Waals surface area contributed by atoms with Crippen molar-refractivity contribution in [2.45, 2.75) is 44.8 Å². The minimum absolute atomic E-state index is 0.213. The standard InChI is InChI=1S/C11H19NO/c1-3-10(4-2)12-9-11-7-5-6-8-13-11/h1,10-12H,4-9H2,2H3. The monoisotopic (exact) mass is 181 g/mol. The molecule has 2 atom stereocenters. The predicted octanol–water partition coefficient (Wildman–Crippen LogP) is 1.56. The van der Waals surface area contributed by atoms with Gasteiger partial charge in [-0.1, -0.05) is 12.8 Å². The molecule has 1 rings (SSSR count). The Morgan fingerprint density at radius 2 is 2.46 bits per heavy atom. The van der Waals surface area contributed by atoms with Crippen molar-refractivity contribution in [2.24, 2.45) is 0 Å². The minimum atomic E-state index is 0.213. The molecule has 0 bridgehead atoms. The molecular formula is C11H19NO. The number of terminal acetylenes is 1. The van der Waals surface area contributed by atoms with Crippen LogP contribution in [0.1, 0.15) is 32.6 Å². The number of hydrogen-bond acceptors (Lipinski definition) is 2. The summed E-state index contributed by atoms with van der Waals surface area (Å²) in [7, 11) is 0. The molecule has 1 N–H and O–H groups in total. The van der Waals surface area contributed by atoms with Crippen molar-refractivity contribution >= 4 is 0 Å². The van der Waals surface area contributed by atoms with Crippen LogP contribution in [0, 0.1) is 12.3 Å². The van der Waals surface area contributed by atoms with E-state index in [0.717, 1.165) is 19.6 Å². The van der Waals surface area contributed by atoms with Crippen molar-refractivity contribution in [2.75, 3.05) is 13.2 Å². The molecule has 13 heavy (non-hydrogen) atoms. The van der Waals surface area contributed by atoms with Crippen molar-refractivity contribution in [3.05, 3.63) is 0 Å². The van der Waals surface area contributed by atoms with Gasteiger partial charge in [-0.2, -0.15) is 0 Å². The van der Waals surface area contributed by atoms with Gasteiger partial charge in [0.2, 0.25) is 0 Å². The molecule has 1 aliphatic heterocycles. The molecule has 0 aromatic carbocycles. The number of ether oxygens (including phenoxy) is 1. The van der Waals surface area contributed by atoms with Crippen molar-refractivity contribution in [3.63, 3.8) is 0 Å². The van der Waals surface area contributed by atoms with E-state index in [0.29, 0.717) is 6.10 Å². The Morgan fingerprint density at radius 1 is 1.62 bits per heavy atom. The van der Waals surface area contributed by atoms with Crippen LogP contribution >= 0.6 is 0 Å². The second kappa shape index (κ2) is 6.01. The zero-order chi connectivity index (χ0) is 9.52. The van der Waals surface area contributed by atoms with Crippen LogP contribution in [0.5, 0.6) is 0 Å². The van der Waals surface area contributed by atoms with Crippen molar-refractivity contribution < 1.29 is 4.74 Å². The Hall–Kier alpha value is -0.520. The summed E-state index contributed by atoms with van der Waals surface area (Å²) < 4.78 is 5.59. The zero-order valence-electron chi connectivity index (χ0n) is 8.38. The average molecular weight is 181 g/mol. The van der Waals surface area contributed by atoms with Crippen LogP contribution in [-0.4, -0.2) is 25.3 Å². The highest BCUT2D eigenvalue weighted by atomic mass is 16.5. The van der Waals surface area contributed by atoms with Gasteiger partial charge in [0.1, 0.15) is 0 Å². The van der Waals surface area contributed by atoms with Crippen LogP contribution in [0.25, 0.3) is 0 Å². The third kappa shape index (κ3) is 3.80. The van der Waals surface area contributed by atoms with Gasteiger partial charge >= 0.3 is 0 Å². The number of rotatable bonds is 4. The van der Waals surface area contributed by atoms with Crippen LogP contribution in [-0.2, 0) is 4.74 Å². The first-order valence-corrected chi connectivity index (χ1v) is 5.18. The van der Waals surface area contributed by atoms with E-state index in [-0.39, 0.29) is 6.04 Å². The molecule has 74 valence electrons. The van der Waals surface area contributed by atoms with Gasteiger partial charge in [0.05, 0.1) is 12.1 Å². The maximum atomic E-state index is 5.59. The molecular weight excluding hydrogens is 162 g/mol. The molecule has 2 heteroatoms. The van der Waals surface area contributed by atoms with Crippen molar-refractivity contribution in [1.29, 1.82) is 0 Å². The lowest BCUT2D eigenvalue weighted by Crippen LogP contribution is -2.37. The summed E-state index contributed by atoms with van der Waals surface area (Å²) in [5, 5.41) is 3.33. The molecule has 0 aliphatic carbocycles. The van der Waals surface area contributed by atoms with Gasteiger partial charge in [0, 0.05) is 13.2 Å². The van der Waals surface area contributed by atoms with E-state index in [1.165, 1.54) is 19.3 Å². The molecule has 0 amide bonds. The molecule has 0 aromatic heterocycles. The van der Waals surface area contributed by atoms with Crippen LogP contribution in [0.15, 0.2) is 0 Å².